The molecule has 0 fully saturated rings. The maximum atomic E-state index is 12.2. The summed E-state index contributed by atoms with van der Waals surface area (Å²) in [7, 11) is 0. The second kappa shape index (κ2) is 19.0. The van der Waals surface area contributed by atoms with E-state index in [0.29, 0.717) is 24.2 Å². The predicted octanol–water partition coefficient (Wildman–Crippen LogP) is 0.589. The standard InChI is InChI=1S/C26H38N4O10.Gd/c1-2-4-20(24(34)35)29-12-10-28(21(25(36)37)7-8-23(32)33)11-13-30(22(26(38)39)9-14-40-17-31)16-19-6-3-5-18(15-29)27-19;/h3,5-6,17,20-22H,2,4,7-16H2,1H3,(H,32,33)(H,34,35)(H,36,37)(H,38,39);/q;+3. The van der Waals surface area contributed by atoms with Crippen molar-refractivity contribution in [2.24, 2.45) is 0 Å². The van der Waals surface area contributed by atoms with E-state index in [1.165, 1.54) is 0 Å². The van der Waals surface area contributed by atoms with Gasteiger partial charge in [-0.15, -0.1) is 0 Å². The van der Waals surface area contributed by atoms with Crippen LogP contribution < -0.4 is 0 Å². The molecule has 0 aromatic carbocycles. The summed E-state index contributed by atoms with van der Waals surface area (Å²) >= 11 is 0. The van der Waals surface area contributed by atoms with E-state index in [1.807, 2.05) is 6.92 Å². The van der Waals surface area contributed by atoms with Gasteiger partial charge < -0.3 is 25.2 Å². The van der Waals surface area contributed by atoms with Crippen molar-refractivity contribution < 1.29 is 89.1 Å². The number of hydrogen-bond acceptors (Lipinski definition) is 10. The third-order valence-corrected chi connectivity index (χ3v) is 6.89. The van der Waals surface area contributed by atoms with Gasteiger partial charge in [0.15, 0.2) is 0 Å². The second-order valence-electron chi connectivity index (χ2n) is 9.64. The largest absolute Gasteiger partial charge is 3.00 e. The molecule has 15 heteroatoms. The van der Waals surface area contributed by atoms with Crippen molar-refractivity contribution in [3.8, 4) is 0 Å². The van der Waals surface area contributed by atoms with E-state index in [2.05, 4.69) is 4.98 Å². The molecule has 1 radical (unpaired) electrons. The van der Waals surface area contributed by atoms with Crippen LogP contribution in [0.3, 0.4) is 0 Å². The van der Waals surface area contributed by atoms with Gasteiger partial charge in [0.1, 0.15) is 18.1 Å². The van der Waals surface area contributed by atoms with Crippen LogP contribution in [-0.4, -0.2) is 121 Å². The van der Waals surface area contributed by atoms with E-state index in [-0.39, 0.29) is 112 Å². The van der Waals surface area contributed by atoms with Crippen LogP contribution in [0.25, 0.3) is 0 Å². The summed E-state index contributed by atoms with van der Waals surface area (Å²) in [6, 6.07) is 2.13. The van der Waals surface area contributed by atoms with Gasteiger partial charge in [-0.25, -0.2) is 0 Å². The maximum absolute atomic E-state index is 12.2. The van der Waals surface area contributed by atoms with E-state index in [1.54, 1.807) is 32.9 Å². The zero-order chi connectivity index (χ0) is 29.7. The molecule has 1 aromatic rings. The molecule has 1 aliphatic rings. The van der Waals surface area contributed by atoms with Crippen molar-refractivity contribution in [3.05, 3.63) is 29.6 Å². The summed E-state index contributed by atoms with van der Waals surface area (Å²) in [5, 5.41) is 39.0. The minimum Gasteiger partial charge on any atom is -0.481 e. The molecular weight excluding hydrogens is 686 g/mol. The molecule has 1 aromatic heterocycles. The zero-order valence-corrected chi connectivity index (χ0v) is 25.2. The molecule has 2 heterocycles. The molecule has 4 N–H and O–H groups in total. The van der Waals surface area contributed by atoms with Crippen LogP contribution in [-0.2, 0) is 41.8 Å². The van der Waals surface area contributed by atoms with Crippen molar-refractivity contribution >= 4 is 30.3 Å². The van der Waals surface area contributed by atoms with Crippen LogP contribution in [0.5, 0.6) is 0 Å². The van der Waals surface area contributed by atoms with E-state index < -0.39 is 42.0 Å². The zero-order valence-electron chi connectivity index (χ0n) is 22.9. The number of aliphatic carboxylic acids is 4. The van der Waals surface area contributed by atoms with Gasteiger partial charge in [0.05, 0.1) is 18.0 Å². The fraction of sp³-hybridized carbons (Fsp3) is 0.615. The van der Waals surface area contributed by atoms with Crippen molar-refractivity contribution in [3.63, 3.8) is 0 Å². The van der Waals surface area contributed by atoms with E-state index in [0.717, 1.165) is 0 Å². The Balaban J connectivity index is 0.00000840. The topological polar surface area (TPSA) is 198 Å². The van der Waals surface area contributed by atoms with Gasteiger partial charge in [-0.05, 0) is 25.0 Å². The minimum absolute atomic E-state index is 0. The third kappa shape index (κ3) is 12.2. The number of hydrogen-bond donors (Lipinski definition) is 4. The molecule has 0 saturated heterocycles. The number of aromatic nitrogens is 1. The Labute approximate surface area is 270 Å². The van der Waals surface area contributed by atoms with Crippen molar-refractivity contribution in [2.45, 2.75) is 70.2 Å². The van der Waals surface area contributed by atoms with Crippen LogP contribution in [0.2, 0.25) is 0 Å². The van der Waals surface area contributed by atoms with Gasteiger partial charge >= 0.3 is 63.8 Å². The molecular formula is C26H38GdN4O10+3. The molecule has 2 bridgehead atoms. The van der Waals surface area contributed by atoms with Gasteiger partial charge in [-0.3, -0.25) is 43.7 Å². The van der Waals surface area contributed by atoms with E-state index >= 15 is 0 Å². The molecule has 14 nitrogen and oxygen atoms in total. The number of carboxylic acids is 4. The fourth-order valence-electron chi connectivity index (χ4n) is 4.90. The molecule has 0 saturated carbocycles. The Morgan fingerprint density at radius 3 is 1.73 bits per heavy atom. The number of ether oxygens (including phenoxy) is 1. The van der Waals surface area contributed by atoms with Gasteiger partial charge in [0.25, 0.3) is 6.47 Å². The number of carboxylic acid groups (broad SMARTS) is 4. The molecule has 41 heavy (non-hydrogen) atoms. The smallest absolute Gasteiger partial charge is 0.481 e. The second-order valence-corrected chi connectivity index (χ2v) is 9.64. The number of carbonyl (C=O) groups is 5. The third-order valence-electron chi connectivity index (χ3n) is 6.89. The average Bonchev–Trinajstić information content (AvgIpc) is 2.88. The number of fused-ring (bicyclic) bond motifs is 2. The fourth-order valence-corrected chi connectivity index (χ4v) is 4.90. The van der Waals surface area contributed by atoms with Gasteiger partial charge in [0.2, 0.25) is 0 Å². The monoisotopic (exact) mass is 724 g/mol. The first-order valence-corrected chi connectivity index (χ1v) is 13.2. The molecule has 2 rings (SSSR count). The summed E-state index contributed by atoms with van der Waals surface area (Å²) in [5.41, 5.74) is 1.11. The van der Waals surface area contributed by atoms with Gasteiger partial charge in [-0.2, -0.15) is 0 Å². The number of rotatable bonds is 15. The first-order chi connectivity index (χ1) is 19.1. The molecule has 1 aliphatic heterocycles. The Morgan fingerprint density at radius 1 is 0.829 bits per heavy atom. The maximum Gasteiger partial charge on any atom is 3.00 e. The molecule has 0 aliphatic carbocycles. The summed E-state index contributed by atoms with van der Waals surface area (Å²) < 4.78 is 4.72. The molecule has 0 spiro atoms. The predicted molar refractivity (Wildman–Crippen MR) is 139 cm³/mol. The number of pyridine rings is 1. The summed E-state index contributed by atoms with van der Waals surface area (Å²) in [4.78, 5) is 68.0. The number of nitrogens with zero attached hydrogens (tertiary/aromatic N) is 4. The van der Waals surface area contributed by atoms with E-state index in [9.17, 15) is 44.4 Å². The molecule has 0 amide bonds. The number of carbonyl (C=O) groups excluding carboxylic acids is 1. The molecule has 227 valence electrons. The Bertz CT molecular complexity index is 1030. The Hall–Kier alpha value is -2.30. The molecule has 3 atom stereocenters. The van der Waals surface area contributed by atoms with Crippen molar-refractivity contribution in [2.75, 3.05) is 32.8 Å². The quantitative estimate of drug-likeness (QED) is 0.145. The van der Waals surface area contributed by atoms with Crippen LogP contribution in [0.4, 0.5) is 0 Å². The van der Waals surface area contributed by atoms with Gasteiger partial charge in [0, 0.05) is 52.1 Å². The summed E-state index contributed by atoms with van der Waals surface area (Å²) in [6.07, 6.45) is 0.399. The van der Waals surface area contributed by atoms with Crippen LogP contribution in [0.1, 0.15) is 50.4 Å². The SMILES string of the molecule is CCCC(C(=O)O)N1CCN(C(CCC(=O)O)C(=O)O)CCN(C(CCOC=O)C(=O)O)Cc2cccc(n2)C1.[Gd+3]. The van der Waals surface area contributed by atoms with Crippen LogP contribution in [0, 0.1) is 39.9 Å². The molecule has 3 unspecified atom stereocenters. The van der Waals surface area contributed by atoms with Crippen LogP contribution >= 0.6 is 0 Å². The minimum atomic E-state index is -1.23. The normalized spacial score (nSPS) is 17.5. The Morgan fingerprint density at radius 2 is 1.29 bits per heavy atom. The first-order valence-electron chi connectivity index (χ1n) is 13.2. The van der Waals surface area contributed by atoms with Gasteiger partial charge in [-0.1, -0.05) is 19.4 Å². The summed E-state index contributed by atoms with van der Waals surface area (Å²) in [5.74, 6) is -4.54. The van der Waals surface area contributed by atoms with Crippen LogP contribution in [0.15, 0.2) is 18.2 Å². The van der Waals surface area contributed by atoms with Crippen molar-refractivity contribution in [1.82, 2.24) is 19.7 Å². The summed E-state index contributed by atoms with van der Waals surface area (Å²) in [6.45, 7) is 2.64. The van der Waals surface area contributed by atoms with Crippen molar-refractivity contribution in [1.29, 1.82) is 0 Å². The first kappa shape index (κ1) is 36.7. The average molecular weight is 724 g/mol. The Kier molecular flexibility index (Phi) is 17.0. The van der Waals surface area contributed by atoms with E-state index in [4.69, 9.17) is 4.74 Å².